The second kappa shape index (κ2) is 4.23. The average molecular weight is 213 g/mol. The second-order valence-corrected chi connectivity index (χ2v) is 3.88. The lowest BCUT2D eigenvalue weighted by molar-refractivity contribution is 1.13. The number of nitrogens with two attached hydrogens (primary N) is 1. The Morgan fingerprint density at radius 1 is 1.06 bits per heavy atom. The van der Waals surface area contributed by atoms with Gasteiger partial charge in [-0.1, -0.05) is 12.1 Å². The predicted octanol–water partition coefficient (Wildman–Crippen LogP) is 2.40. The van der Waals surface area contributed by atoms with Gasteiger partial charge in [-0.25, -0.2) is 4.98 Å². The number of nitrogens with zero attached hydrogens (tertiary/aromatic N) is 2. The first-order valence-electron chi connectivity index (χ1n) is 5.17. The molecule has 3 nitrogen and oxygen atoms in total. The van der Waals surface area contributed by atoms with E-state index in [0.29, 0.717) is 5.82 Å². The van der Waals surface area contributed by atoms with Crippen LogP contribution in [0.5, 0.6) is 0 Å². The highest BCUT2D eigenvalue weighted by Gasteiger charge is 2.02. The molecule has 82 valence electrons. The highest BCUT2D eigenvalue weighted by molar-refractivity contribution is 5.74. The molecule has 0 aliphatic carbocycles. The third-order valence-corrected chi connectivity index (χ3v) is 2.53. The Hall–Kier alpha value is -2.03. The molecule has 0 bridgehead atoms. The number of pyridine rings is 1. The van der Waals surface area contributed by atoms with Gasteiger partial charge in [-0.2, -0.15) is 0 Å². The van der Waals surface area contributed by atoms with Crippen LogP contribution in [0.1, 0.15) is 0 Å². The first-order valence-corrected chi connectivity index (χ1v) is 5.17. The van der Waals surface area contributed by atoms with Gasteiger partial charge in [0, 0.05) is 31.5 Å². The Morgan fingerprint density at radius 3 is 2.31 bits per heavy atom. The summed E-state index contributed by atoms with van der Waals surface area (Å²) >= 11 is 0. The van der Waals surface area contributed by atoms with Gasteiger partial charge in [0.25, 0.3) is 0 Å². The van der Waals surface area contributed by atoms with Gasteiger partial charge < -0.3 is 10.6 Å². The van der Waals surface area contributed by atoms with Crippen molar-refractivity contribution in [1.82, 2.24) is 4.98 Å². The first kappa shape index (κ1) is 10.5. The van der Waals surface area contributed by atoms with Gasteiger partial charge in [-0.05, 0) is 29.8 Å². The third-order valence-electron chi connectivity index (χ3n) is 2.53. The summed E-state index contributed by atoms with van der Waals surface area (Å²) < 4.78 is 0. The normalized spacial score (nSPS) is 10.1. The summed E-state index contributed by atoms with van der Waals surface area (Å²) in [5, 5.41) is 0. The van der Waals surface area contributed by atoms with Crippen LogP contribution in [0, 0.1) is 0 Å². The number of nitrogen functional groups attached to an aromatic ring is 1. The Kier molecular flexibility index (Phi) is 2.77. The zero-order chi connectivity index (χ0) is 11.5. The average Bonchev–Trinajstić information content (AvgIpc) is 2.30. The maximum atomic E-state index is 5.83. The van der Waals surface area contributed by atoms with Gasteiger partial charge in [-0.3, -0.25) is 0 Å². The summed E-state index contributed by atoms with van der Waals surface area (Å²) in [7, 11) is 4.04. The molecule has 1 aromatic carbocycles. The highest BCUT2D eigenvalue weighted by Crippen LogP contribution is 2.25. The fraction of sp³-hybridized carbons (Fsp3) is 0.154. The van der Waals surface area contributed by atoms with E-state index in [1.54, 1.807) is 6.20 Å². The van der Waals surface area contributed by atoms with Crippen LogP contribution in [-0.2, 0) is 0 Å². The molecule has 2 N–H and O–H groups in total. The summed E-state index contributed by atoms with van der Waals surface area (Å²) in [6.45, 7) is 0. The molecular weight excluding hydrogens is 198 g/mol. The van der Waals surface area contributed by atoms with Crippen molar-refractivity contribution in [3.63, 3.8) is 0 Å². The van der Waals surface area contributed by atoms with Crippen LogP contribution in [-0.4, -0.2) is 19.1 Å². The molecule has 0 aliphatic rings. The first-order chi connectivity index (χ1) is 7.68. The predicted molar refractivity (Wildman–Crippen MR) is 68.4 cm³/mol. The number of benzene rings is 1. The maximum absolute atomic E-state index is 5.83. The topological polar surface area (TPSA) is 42.2 Å². The lowest BCUT2D eigenvalue weighted by atomic mass is 10.1. The van der Waals surface area contributed by atoms with E-state index in [1.165, 1.54) is 5.69 Å². The minimum atomic E-state index is 0.570. The standard InChI is InChI=1S/C13H15N3/c1-16(2)11-7-5-10(6-8-11)12-4-3-9-15-13(12)14/h3-9H,1-2H3,(H2,14,15). The summed E-state index contributed by atoms with van der Waals surface area (Å²) in [4.78, 5) is 6.15. The molecule has 0 saturated heterocycles. The zero-order valence-corrected chi connectivity index (χ0v) is 9.51. The van der Waals surface area contributed by atoms with Crippen LogP contribution in [0.2, 0.25) is 0 Å². The molecule has 2 aromatic rings. The van der Waals surface area contributed by atoms with Crippen molar-refractivity contribution in [3.8, 4) is 11.1 Å². The molecule has 0 spiro atoms. The van der Waals surface area contributed by atoms with E-state index in [0.717, 1.165) is 11.1 Å². The highest BCUT2D eigenvalue weighted by atomic mass is 15.1. The second-order valence-electron chi connectivity index (χ2n) is 3.88. The number of aromatic nitrogens is 1. The molecule has 2 rings (SSSR count). The quantitative estimate of drug-likeness (QED) is 0.833. The fourth-order valence-electron chi connectivity index (χ4n) is 1.60. The van der Waals surface area contributed by atoms with Gasteiger partial charge >= 0.3 is 0 Å². The van der Waals surface area contributed by atoms with Crippen molar-refractivity contribution >= 4 is 11.5 Å². The Balaban J connectivity index is 2.39. The van der Waals surface area contributed by atoms with Gasteiger partial charge in [0.1, 0.15) is 5.82 Å². The minimum Gasteiger partial charge on any atom is -0.383 e. The molecule has 0 aliphatic heterocycles. The van der Waals surface area contributed by atoms with Gasteiger partial charge in [0.05, 0.1) is 0 Å². The van der Waals surface area contributed by atoms with Crippen molar-refractivity contribution < 1.29 is 0 Å². The molecule has 0 saturated carbocycles. The van der Waals surface area contributed by atoms with Crippen LogP contribution in [0.4, 0.5) is 11.5 Å². The molecule has 1 heterocycles. The summed E-state index contributed by atoms with van der Waals surface area (Å²) in [6, 6.07) is 12.1. The molecular formula is C13H15N3. The van der Waals surface area contributed by atoms with Crippen LogP contribution in [0.3, 0.4) is 0 Å². The largest absolute Gasteiger partial charge is 0.383 e. The van der Waals surface area contributed by atoms with Crippen molar-refractivity contribution in [2.75, 3.05) is 24.7 Å². The minimum absolute atomic E-state index is 0.570. The molecule has 3 heteroatoms. The zero-order valence-electron chi connectivity index (χ0n) is 9.51. The SMILES string of the molecule is CN(C)c1ccc(-c2cccnc2N)cc1. The number of hydrogen-bond acceptors (Lipinski definition) is 3. The number of anilines is 2. The van der Waals surface area contributed by atoms with Crippen molar-refractivity contribution in [1.29, 1.82) is 0 Å². The molecule has 16 heavy (non-hydrogen) atoms. The van der Waals surface area contributed by atoms with Crippen LogP contribution < -0.4 is 10.6 Å². The van der Waals surface area contributed by atoms with Crippen molar-refractivity contribution in [3.05, 3.63) is 42.6 Å². The lowest BCUT2D eigenvalue weighted by Gasteiger charge is -2.13. The molecule has 1 aromatic heterocycles. The fourth-order valence-corrected chi connectivity index (χ4v) is 1.60. The maximum Gasteiger partial charge on any atom is 0.131 e. The van der Waals surface area contributed by atoms with Crippen LogP contribution in [0.15, 0.2) is 42.6 Å². The Bertz CT molecular complexity index is 475. The Labute approximate surface area is 95.5 Å². The summed E-state index contributed by atoms with van der Waals surface area (Å²) in [5.74, 6) is 0.570. The molecule has 0 fully saturated rings. The van der Waals surface area contributed by atoms with E-state index in [9.17, 15) is 0 Å². The van der Waals surface area contributed by atoms with Crippen molar-refractivity contribution in [2.24, 2.45) is 0 Å². The van der Waals surface area contributed by atoms with Gasteiger partial charge in [0.2, 0.25) is 0 Å². The third kappa shape index (κ3) is 1.98. The van der Waals surface area contributed by atoms with E-state index in [1.807, 2.05) is 26.2 Å². The monoisotopic (exact) mass is 213 g/mol. The summed E-state index contributed by atoms with van der Waals surface area (Å²) in [5.41, 5.74) is 9.07. The van der Waals surface area contributed by atoms with Crippen LogP contribution >= 0.6 is 0 Å². The van der Waals surface area contributed by atoms with Crippen LogP contribution in [0.25, 0.3) is 11.1 Å². The van der Waals surface area contributed by atoms with Crippen molar-refractivity contribution in [2.45, 2.75) is 0 Å². The summed E-state index contributed by atoms with van der Waals surface area (Å²) in [6.07, 6.45) is 1.70. The van der Waals surface area contributed by atoms with E-state index in [2.05, 4.69) is 34.1 Å². The number of rotatable bonds is 2. The van der Waals surface area contributed by atoms with Gasteiger partial charge in [0.15, 0.2) is 0 Å². The van der Waals surface area contributed by atoms with E-state index < -0.39 is 0 Å². The molecule has 0 amide bonds. The smallest absolute Gasteiger partial charge is 0.131 e. The lowest BCUT2D eigenvalue weighted by Crippen LogP contribution is -2.07. The van der Waals surface area contributed by atoms with E-state index >= 15 is 0 Å². The van der Waals surface area contributed by atoms with E-state index in [4.69, 9.17) is 5.73 Å². The molecule has 0 radical (unpaired) electrons. The van der Waals surface area contributed by atoms with E-state index in [-0.39, 0.29) is 0 Å². The molecule has 0 atom stereocenters. The van der Waals surface area contributed by atoms with Gasteiger partial charge in [-0.15, -0.1) is 0 Å². The Morgan fingerprint density at radius 2 is 1.75 bits per heavy atom. The number of hydrogen-bond donors (Lipinski definition) is 1. The molecule has 0 unspecified atom stereocenters.